The Bertz CT molecular complexity index is 1290. The molecule has 0 heterocycles. The number of carbonyl (C=O) groups is 3. The summed E-state index contributed by atoms with van der Waals surface area (Å²) in [5.74, 6) is -0.578. The zero-order chi connectivity index (χ0) is 27.8. The average molecular weight is 569 g/mol. The van der Waals surface area contributed by atoms with E-state index in [-0.39, 0.29) is 31.2 Å². The van der Waals surface area contributed by atoms with Crippen LogP contribution < -0.4 is 15.0 Å². The molecule has 0 aromatic heterocycles. The molecule has 0 aliphatic heterocycles. The standard InChI is InChI=1S/C30H30Cl2N2O5/c31-24-16-25(32)18-27(17-24)39-30(38)34(26-12-10-22(11-13-26)21-4-2-1-3-5-21)19-20-6-8-23(9-7-20)29(37)33-15-14-28(35)36/h6-13,16-18,21H,1-5,14-15,19H2,(H,33,37)(H,35,36). The normalized spacial score (nSPS) is 13.5. The molecule has 39 heavy (non-hydrogen) atoms. The van der Waals surface area contributed by atoms with Crippen molar-refractivity contribution < 1.29 is 24.2 Å². The number of rotatable bonds is 9. The van der Waals surface area contributed by atoms with Crippen molar-refractivity contribution in [2.75, 3.05) is 11.4 Å². The lowest BCUT2D eigenvalue weighted by Crippen LogP contribution is -2.33. The molecule has 1 fully saturated rings. The molecule has 7 nitrogen and oxygen atoms in total. The van der Waals surface area contributed by atoms with Crippen LogP contribution in [0.5, 0.6) is 5.75 Å². The third-order valence-electron chi connectivity index (χ3n) is 6.72. The molecule has 2 N–H and O–H groups in total. The first-order valence-electron chi connectivity index (χ1n) is 12.9. The van der Waals surface area contributed by atoms with Gasteiger partial charge in [-0.05, 0) is 72.4 Å². The smallest absolute Gasteiger partial charge is 0.420 e. The molecule has 3 aromatic rings. The second-order valence-electron chi connectivity index (χ2n) is 9.58. The molecule has 0 saturated heterocycles. The maximum absolute atomic E-state index is 13.4. The predicted molar refractivity (Wildman–Crippen MR) is 152 cm³/mol. The van der Waals surface area contributed by atoms with Crippen LogP contribution in [-0.4, -0.2) is 29.6 Å². The molecule has 9 heteroatoms. The minimum Gasteiger partial charge on any atom is -0.481 e. The summed E-state index contributed by atoms with van der Waals surface area (Å²) in [4.78, 5) is 37.9. The number of halogens is 2. The molecule has 1 aliphatic rings. The molecule has 1 saturated carbocycles. The van der Waals surface area contributed by atoms with Gasteiger partial charge in [0, 0.05) is 27.8 Å². The molecule has 0 atom stereocenters. The molecular formula is C30H30Cl2N2O5. The fraction of sp³-hybridized carbons (Fsp3) is 0.300. The van der Waals surface area contributed by atoms with Crippen LogP contribution in [0.15, 0.2) is 66.7 Å². The van der Waals surface area contributed by atoms with Gasteiger partial charge in [-0.2, -0.15) is 0 Å². The highest BCUT2D eigenvalue weighted by atomic mass is 35.5. The molecule has 0 unspecified atom stereocenters. The van der Waals surface area contributed by atoms with E-state index in [1.54, 1.807) is 30.3 Å². The summed E-state index contributed by atoms with van der Waals surface area (Å²) >= 11 is 12.2. The van der Waals surface area contributed by atoms with Gasteiger partial charge in [0.15, 0.2) is 0 Å². The number of benzene rings is 3. The van der Waals surface area contributed by atoms with Gasteiger partial charge in [0.2, 0.25) is 0 Å². The number of nitrogens with zero attached hydrogens (tertiary/aromatic N) is 1. The van der Waals surface area contributed by atoms with E-state index in [1.807, 2.05) is 12.1 Å². The summed E-state index contributed by atoms with van der Waals surface area (Å²) < 4.78 is 5.64. The second kappa shape index (κ2) is 13.5. The first kappa shape index (κ1) is 28.5. The van der Waals surface area contributed by atoms with Gasteiger partial charge in [0.25, 0.3) is 5.91 Å². The number of nitrogens with one attached hydrogen (secondary N) is 1. The molecule has 204 valence electrons. The zero-order valence-electron chi connectivity index (χ0n) is 21.4. The molecule has 1 aliphatic carbocycles. The number of hydrogen-bond acceptors (Lipinski definition) is 4. The van der Waals surface area contributed by atoms with Gasteiger partial charge >= 0.3 is 12.1 Å². The lowest BCUT2D eigenvalue weighted by molar-refractivity contribution is -0.136. The van der Waals surface area contributed by atoms with E-state index in [0.29, 0.717) is 27.2 Å². The highest BCUT2D eigenvalue weighted by Crippen LogP contribution is 2.34. The Labute approximate surface area is 237 Å². The number of hydrogen-bond donors (Lipinski definition) is 2. The van der Waals surface area contributed by atoms with Crippen molar-refractivity contribution >= 4 is 46.9 Å². The SMILES string of the molecule is O=C(O)CCNC(=O)c1ccc(CN(C(=O)Oc2cc(Cl)cc(Cl)c2)c2ccc(C3CCCCC3)cc2)cc1. The molecule has 3 aromatic carbocycles. The fourth-order valence-corrected chi connectivity index (χ4v) is 5.20. The summed E-state index contributed by atoms with van der Waals surface area (Å²) in [7, 11) is 0. The summed E-state index contributed by atoms with van der Waals surface area (Å²) in [6.07, 6.45) is 5.35. The number of ether oxygens (including phenoxy) is 1. The lowest BCUT2D eigenvalue weighted by atomic mass is 9.84. The topological polar surface area (TPSA) is 95.9 Å². The Balaban J connectivity index is 1.53. The van der Waals surface area contributed by atoms with Gasteiger partial charge in [0.1, 0.15) is 5.75 Å². The van der Waals surface area contributed by atoms with E-state index in [0.717, 1.165) is 5.56 Å². The summed E-state index contributed by atoms with van der Waals surface area (Å²) in [5.41, 5.74) is 3.10. The number of carboxylic acid groups (broad SMARTS) is 1. The molecule has 0 radical (unpaired) electrons. The second-order valence-corrected chi connectivity index (χ2v) is 10.5. The number of aliphatic carboxylic acids is 1. The monoisotopic (exact) mass is 568 g/mol. The highest BCUT2D eigenvalue weighted by Gasteiger charge is 2.21. The maximum Gasteiger partial charge on any atom is 0.420 e. The molecule has 0 bridgehead atoms. The average Bonchev–Trinajstić information content (AvgIpc) is 2.92. The van der Waals surface area contributed by atoms with Crippen LogP contribution in [0.4, 0.5) is 10.5 Å². The van der Waals surface area contributed by atoms with Crippen molar-refractivity contribution in [3.63, 3.8) is 0 Å². The Morgan fingerprint density at radius 2 is 1.54 bits per heavy atom. The number of carboxylic acids is 1. The van der Waals surface area contributed by atoms with Crippen LogP contribution in [0.25, 0.3) is 0 Å². The lowest BCUT2D eigenvalue weighted by Gasteiger charge is -2.25. The Kier molecular flexibility index (Phi) is 9.85. The van der Waals surface area contributed by atoms with Crippen LogP contribution in [0.2, 0.25) is 10.0 Å². The van der Waals surface area contributed by atoms with Gasteiger partial charge in [0.05, 0.1) is 13.0 Å². The zero-order valence-corrected chi connectivity index (χ0v) is 22.9. The molecule has 0 spiro atoms. The predicted octanol–water partition coefficient (Wildman–Crippen LogP) is 7.45. The maximum atomic E-state index is 13.4. The van der Waals surface area contributed by atoms with Gasteiger partial charge in [-0.1, -0.05) is 66.7 Å². The van der Waals surface area contributed by atoms with Crippen LogP contribution in [0.1, 0.15) is 65.9 Å². The summed E-state index contributed by atoms with van der Waals surface area (Å²) in [6.45, 7) is 0.233. The Morgan fingerprint density at radius 1 is 0.897 bits per heavy atom. The summed E-state index contributed by atoms with van der Waals surface area (Å²) in [5, 5.41) is 12.0. The van der Waals surface area contributed by atoms with Crippen molar-refractivity contribution in [1.29, 1.82) is 0 Å². The van der Waals surface area contributed by atoms with E-state index in [4.69, 9.17) is 33.0 Å². The van der Waals surface area contributed by atoms with E-state index < -0.39 is 12.1 Å². The number of carbonyl (C=O) groups excluding carboxylic acids is 2. The van der Waals surface area contributed by atoms with Crippen LogP contribution in [-0.2, 0) is 11.3 Å². The van der Waals surface area contributed by atoms with Crippen molar-refractivity contribution in [3.05, 3.63) is 93.5 Å². The largest absolute Gasteiger partial charge is 0.481 e. The van der Waals surface area contributed by atoms with E-state index in [2.05, 4.69) is 17.4 Å². The van der Waals surface area contributed by atoms with Crippen LogP contribution >= 0.6 is 23.2 Å². The number of amides is 2. The molecular weight excluding hydrogens is 539 g/mol. The fourth-order valence-electron chi connectivity index (χ4n) is 4.70. The molecule has 2 amide bonds. The van der Waals surface area contributed by atoms with Crippen LogP contribution in [0.3, 0.4) is 0 Å². The van der Waals surface area contributed by atoms with E-state index >= 15 is 0 Å². The minimum absolute atomic E-state index is 0.0416. The Hall–Kier alpha value is -3.55. The van der Waals surface area contributed by atoms with Gasteiger partial charge < -0.3 is 15.2 Å². The number of anilines is 1. The van der Waals surface area contributed by atoms with E-state index in [9.17, 15) is 14.4 Å². The Morgan fingerprint density at radius 3 is 2.15 bits per heavy atom. The third kappa shape index (κ3) is 8.22. The van der Waals surface area contributed by atoms with Crippen molar-refractivity contribution in [3.8, 4) is 5.75 Å². The molecule has 4 rings (SSSR count). The van der Waals surface area contributed by atoms with Crippen molar-refractivity contribution in [2.24, 2.45) is 0 Å². The first-order chi connectivity index (χ1) is 18.8. The van der Waals surface area contributed by atoms with E-state index in [1.165, 1.54) is 54.7 Å². The minimum atomic E-state index is -0.982. The quantitative estimate of drug-likeness (QED) is 0.279. The van der Waals surface area contributed by atoms with Crippen molar-refractivity contribution in [2.45, 2.75) is 51.0 Å². The van der Waals surface area contributed by atoms with Gasteiger partial charge in [-0.25, -0.2) is 4.79 Å². The highest BCUT2D eigenvalue weighted by molar-refractivity contribution is 6.34. The van der Waals surface area contributed by atoms with Crippen molar-refractivity contribution in [1.82, 2.24) is 5.32 Å². The third-order valence-corrected chi connectivity index (χ3v) is 7.16. The van der Waals surface area contributed by atoms with Gasteiger partial charge in [-0.15, -0.1) is 0 Å². The first-order valence-corrected chi connectivity index (χ1v) is 13.7. The summed E-state index contributed by atoms with van der Waals surface area (Å²) in [6, 6.07) is 19.4. The van der Waals surface area contributed by atoms with Crippen LogP contribution in [0, 0.1) is 0 Å². The van der Waals surface area contributed by atoms with Gasteiger partial charge in [-0.3, -0.25) is 14.5 Å².